The van der Waals surface area contributed by atoms with E-state index in [-0.39, 0.29) is 18.3 Å². The maximum Gasteiger partial charge on any atom is 0.128 e. The number of nitrogens with one attached hydrogen (secondary N) is 1. The summed E-state index contributed by atoms with van der Waals surface area (Å²) >= 11 is 0. The molecule has 0 aromatic carbocycles. The minimum absolute atomic E-state index is 0.141. The molecule has 1 saturated heterocycles. The summed E-state index contributed by atoms with van der Waals surface area (Å²) in [7, 11) is 0. The topological polar surface area (TPSA) is 83.6 Å². The summed E-state index contributed by atoms with van der Waals surface area (Å²) in [4.78, 5) is 6.84. The Morgan fingerprint density at radius 1 is 1.21 bits per heavy atom. The third-order valence-corrected chi connectivity index (χ3v) is 4.86. The van der Waals surface area contributed by atoms with Crippen LogP contribution in [0.2, 0.25) is 0 Å². The summed E-state index contributed by atoms with van der Waals surface area (Å²) in [5.41, 5.74) is 7.19. The van der Waals surface area contributed by atoms with Crippen LogP contribution in [0.5, 0.6) is 0 Å². The van der Waals surface area contributed by atoms with E-state index in [2.05, 4.69) is 35.1 Å². The van der Waals surface area contributed by atoms with Crippen LogP contribution in [0, 0.1) is 0 Å². The number of hydrogen-bond donors (Lipinski definition) is 3. The van der Waals surface area contributed by atoms with Gasteiger partial charge in [-0.1, -0.05) is 0 Å². The lowest BCUT2D eigenvalue weighted by molar-refractivity contribution is -0.0704. The zero-order valence-corrected chi connectivity index (χ0v) is 14.7. The number of morpholine rings is 1. The molecule has 0 radical (unpaired) electrons. The van der Waals surface area contributed by atoms with E-state index in [1.165, 1.54) is 5.56 Å². The van der Waals surface area contributed by atoms with Gasteiger partial charge in [0.15, 0.2) is 0 Å². The molecule has 6 nitrogen and oxygen atoms in total. The Balaban J connectivity index is 1.63. The molecular weight excluding hydrogens is 304 g/mol. The zero-order valence-electron chi connectivity index (χ0n) is 14.7. The van der Waals surface area contributed by atoms with Gasteiger partial charge in [-0.15, -0.1) is 0 Å². The van der Waals surface area contributed by atoms with E-state index < -0.39 is 0 Å². The lowest BCUT2D eigenvalue weighted by atomic mass is 9.93. The van der Waals surface area contributed by atoms with Gasteiger partial charge >= 0.3 is 0 Å². The number of aliphatic hydroxyl groups excluding tert-OH is 1. The smallest absolute Gasteiger partial charge is 0.128 e. The molecule has 24 heavy (non-hydrogen) atoms. The molecule has 1 aliphatic heterocycles. The molecule has 1 saturated carbocycles. The van der Waals surface area contributed by atoms with Crippen LogP contribution in [-0.4, -0.2) is 52.4 Å². The van der Waals surface area contributed by atoms with Gasteiger partial charge in [0.1, 0.15) is 11.6 Å². The highest BCUT2D eigenvalue weighted by Gasteiger charge is 2.23. The highest BCUT2D eigenvalue weighted by atomic mass is 16.5. The van der Waals surface area contributed by atoms with Gasteiger partial charge in [-0.25, -0.2) is 4.98 Å². The van der Waals surface area contributed by atoms with Crippen molar-refractivity contribution >= 4 is 11.6 Å². The number of rotatable bonds is 4. The summed E-state index contributed by atoms with van der Waals surface area (Å²) in [5, 5.41) is 13.1. The third-order valence-electron chi connectivity index (χ3n) is 4.86. The van der Waals surface area contributed by atoms with Crippen molar-refractivity contribution in [2.45, 2.75) is 70.4 Å². The van der Waals surface area contributed by atoms with E-state index in [4.69, 9.17) is 10.5 Å². The van der Waals surface area contributed by atoms with Gasteiger partial charge in [-0.2, -0.15) is 0 Å². The van der Waals surface area contributed by atoms with Crippen molar-refractivity contribution in [1.82, 2.24) is 9.88 Å². The van der Waals surface area contributed by atoms with Crippen molar-refractivity contribution in [2.24, 2.45) is 0 Å². The molecule has 1 aliphatic carbocycles. The van der Waals surface area contributed by atoms with Crippen LogP contribution in [0.3, 0.4) is 0 Å². The van der Waals surface area contributed by atoms with E-state index >= 15 is 0 Å². The van der Waals surface area contributed by atoms with Crippen molar-refractivity contribution in [3.8, 4) is 0 Å². The lowest BCUT2D eigenvalue weighted by Crippen LogP contribution is -2.44. The van der Waals surface area contributed by atoms with Crippen LogP contribution in [0.4, 0.5) is 11.6 Å². The Labute approximate surface area is 144 Å². The molecule has 134 valence electrons. The van der Waals surface area contributed by atoms with Gasteiger partial charge in [-0.05, 0) is 57.2 Å². The maximum atomic E-state index is 9.63. The summed E-state index contributed by atoms with van der Waals surface area (Å²) in [6.45, 7) is 6.98. The number of nitrogens with two attached hydrogens (primary N) is 1. The van der Waals surface area contributed by atoms with E-state index in [9.17, 15) is 5.11 Å². The molecule has 2 aliphatic rings. The highest BCUT2D eigenvalue weighted by Crippen LogP contribution is 2.23. The first-order chi connectivity index (χ1) is 11.5. The normalized spacial score (nSPS) is 31.8. The van der Waals surface area contributed by atoms with Crippen LogP contribution in [0.15, 0.2) is 12.1 Å². The molecule has 0 bridgehead atoms. The zero-order chi connectivity index (χ0) is 17.1. The Morgan fingerprint density at radius 2 is 1.88 bits per heavy atom. The minimum Gasteiger partial charge on any atom is -0.393 e. The largest absolute Gasteiger partial charge is 0.393 e. The summed E-state index contributed by atoms with van der Waals surface area (Å²) in [6.07, 6.45) is 4.06. The fourth-order valence-corrected chi connectivity index (χ4v) is 3.88. The van der Waals surface area contributed by atoms with Gasteiger partial charge in [0.25, 0.3) is 0 Å². The molecule has 3 rings (SSSR count). The molecule has 1 aromatic heterocycles. The van der Waals surface area contributed by atoms with Crippen molar-refractivity contribution < 1.29 is 9.84 Å². The lowest BCUT2D eigenvalue weighted by Gasteiger charge is -2.35. The standard InChI is InChI=1S/C18H30N4O2/c1-12-9-22(10-13(2)24-12)11-14-7-17(19)21-18(8-14)20-15-3-5-16(23)6-4-15/h7-8,12-13,15-16,23H,3-6,9-11H2,1-2H3,(H3,19,20,21)/t12?,13?,15-,16-. The van der Waals surface area contributed by atoms with Crippen molar-refractivity contribution in [3.05, 3.63) is 17.7 Å². The van der Waals surface area contributed by atoms with E-state index in [0.29, 0.717) is 11.9 Å². The van der Waals surface area contributed by atoms with E-state index in [0.717, 1.165) is 51.1 Å². The average molecular weight is 334 g/mol. The fraction of sp³-hybridized carbons (Fsp3) is 0.722. The number of ether oxygens (including phenoxy) is 1. The Hall–Kier alpha value is -1.37. The quantitative estimate of drug-likeness (QED) is 0.781. The number of hydrogen-bond acceptors (Lipinski definition) is 6. The molecule has 2 heterocycles. The molecule has 4 N–H and O–H groups in total. The summed E-state index contributed by atoms with van der Waals surface area (Å²) < 4.78 is 5.80. The van der Waals surface area contributed by atoms with Gasteiger partial charge in [-0.3, -0.25) is 4.90 Å². The molecule has 2 fully saturated rings. The van der Waals surface area contributed by atoms with Crippen LogP contribution in [0.1, 0.15) is 45.1 Å². The first-order valence-corrected chi connectivity index (χ1v) is 9.07. The molecule has 2 atom stereocenters. The van der Waals surface area contributed by atoms with E-state index in [1.54, 1.807) is 0 Å². The second kappa shape index (κ2) is 7.68. The van der Waals surface area contributed by atoms with Crippen molar-refractivity contribution in [3.63, 3.8) is 0 Å². The Bertz CT molecular complexity index is 536. The Kier molecular flexibility index (Phi) is 5.58. The second-order valence-electron chi connectivity index (χ2n) is 7.39. The molecule has 0 spiro atoms. The Morgan fingerprint density at radius 3 is 2.54 bits per heavy atom. The van der Waals surface area contributed by atoms with Gasteiger partial charge in [0.05, 0.1) is 18.3 Å². The van der Waals surface area contributed by atoms with E-state index in [1.807, 2.05) is 6.07 Å². The third kappa shape index (κ3) is 4.82. The molecular formula is C18H30N4O2. The maximum absolute atomic E-state index is 9.63. The van der Waals surface area contributed by atoms with Crippen LogP contribution >= 0.6 is 0 Å². The van der Waals surface area contributed by atoms with Crippen LogP contribution < -0.4 is 11.1 Å². The number of nitrogens with zero attached hydrogens (tertiary/aromatic N) is 2. The summed E-state index contributed by atoms with van der Waals surface area (Å²) in [6, 6.07) is 4.44. The monoisotopic (exact) mass is 334 g/mol. The van der Waals surface area contributed by atoms with Gasteiger partial charge in [0.2, 0.25) is 0 Å². The predicted molar refractivity (Wildman–Crippen MR) is 95.8 cm³/mol. The molecule has 0 amide bonds. The first kappa shape index (κ1) is 17.5. The predicted octanol–water partition coefficient (Wildman–Crippen LogP) is 1.99. The second-order valence-corrected chi connectivity index (χ2v) is 7.39. The minimum atomic E-state index is -0.141. The molecule has 1 aromatic rings. The number of aromatic nitrogens is 1. The highest BCUT2D eigenvalue weighted by molar-refractivity contribution is 5.47. The number of anilines is 2. The first-order valence-electron chi connectivity index (χ1n) is 9.07. The number of aliphatic hydroxyl groups is 1. The molecule has 6 heteroatoms. The van der Waals surface area contributed by atoms with Crippen LogP contribution in [0.25, 0.3) is 0 Å². The fourth-order valence-electron chi connectivity index (χ4n) is 3.88. The van der Waals surface area contributed by atoms with Crippen LogP contribution in [-0.2, 0) is 11.3 Å². The van der Waals surface area contributed by atoms with Crippen molar-refractivity contribution in [1.29, 1.82) is 0 Å². The van der Waals surface area contributed by atoms with Gasteiger partial charge < -0.3 is 20.9 Å². The number of nitrogen functional groups attached to an aromatic ring is 1. The SMILES string of the molecule is CC1CN(Cc2cc(N)nc(N[C@H]3CC[C@H](O)CC3)c2)CC(C)O1. The summed E-state index contributed by atoms with van der Waals surface area (Å²) in [5.74, 6) is 1.40. The molecule has 2 unspecified atom stereocenters. The van der Waals surface area contributed by atoms with Gasteiger partial charge in [0, 0.05) is 25.7 Å². The van der Waals surface area contributed by atoms with Crippen molar-refractivity contribution in [2.75, 3.05) is 24.1 Å². The number of pyridine rings is 1. The average Bonchev–Trinajstić information content (AvgIpc) is 2.48.